The number of alkyl halides is 3. The number of benzene rings is 2. The zero-order chi connectivity index (χ0) is 25.5. The van der Waals surface area contributed by atoms with Gasteiger partial charge in [0.05, 0.1) is 12.7 Å². The maximum Gasteiger partial charge on any atom is 0.408 e. The van der Waals surface area contributed by atoms with E-state index in [2.05, 4.69) is 6.58 Å². The molecule has 1 atom stereocenters. The number of hydrazine groups is 1. The van der Waals surface area contributed by atoms with Crippen LogP contribution in [0.5, 0.6) is 0 Å². The van der Waals surface area contributed by atoms with Gasteiger partial charge in [0.2, 0.25) is 5.78 Å². The molecule has 1 saturated heterocycles. The van der Waals surface area contributed by atoms with Gasteiger partial charge in [0.1, 0.15) is 6.04 Å². The molecule has 2 aromatic carbocycles. The first-order valence-corrected chi connectivity index (χ1v) is 11.2. The molecule has 1 aliphatic heterocycles. The van der Waals surface area contributed by atoms with Crippen LogP contribution in [0.15, 0.2) is 72.6 Å². The smallest absolute Gasteiger partial charge is 0.408 e. The number of halogens is 3. The van der Waals surface area contributed by atoms with Crippen molar-refractivity contribution in [2.24, 2.45) is 0 Å². The monoisotopic (exact) mass is 485 g/mol. The molecule has 1 heterocycles. The van der Waals surface area contributed by atoms with E-state index >= 15 is 0 Å². The van der Waals surface area contributed by atoms with Gasteiger partial charge in [0.25, 0.3) is 5.91 Å². The number of aryl methyl sites for hydroxylation is 2. The van der Waals surface area contributed by atoms with Crippen LogP contribution in [-0.4, -0.2) is 57.6 Å². The van der Waals surface area contributed by atoms with Crippen molar-refractivity contribution in [3.63, 3.8) is 0 Å². The fourth-order valence-electron chi connectivity index (χ4n) is 4.73. The van der Waals surface area contributed by atoms with Crippen molar-refractivity contribution < 1.29 is 27.9 Å². The second-order valence-corrected chi connectivity index (χ2v) is 8.66. The quantitative estimate of drug-likeness (QED) is 0.517. The van der Waals surface area contributed by atoms with Crippen molar-refractivity contribution >= 4 is 11.7 Å². The Hall–Kier alpha value is -3.59. The Kier molecular flexibility index (Phi) is 6.46. The third-order valence-electron chi connectivity index (χ3n) is 6.72. The molecule has 6 nitrogen and oxygen atoms in total. The number of nitrogens with zero attached hydrogens (tertiary/aromatic N) is 3. The minimum atomic E-state index is -4.71. The molecule has 1 amide bonds. The number of fused-ring (bicyclic) bond motifs is 2. The molecule has 0 radical (unpaired) electrons. The molecular weight excluding hydrogens is 459 g/mol. The summed E-state index contributed by atoms with van der Waals surface area (Å²) >= 11 is 0. The van der Waals surface area contributed by atoms with Crippen LogP contribution >= 0.6 is 0 Å². The number of ketones is 1. The lowest BCUT2D eigenvalue weighted by atomic mass is 9.94. The Morgan fingerprint density at radius 3 is 2.09 bits per heavy atom. The molecule has 2 aliphatic rings. The van der Waals surface area contributed by atoms with Crippen LogP contribution in [0.4, 0.5) is 13.2 Å². The molecule has 1 N–H and O–H groups in total. The average Bonchev–Trinajstić information content (AvgIpc) is 3.00. The van der Waals surface area contributed by atoms with E-state index in [1.807, 2.05) is 48.5 Å². The van der Waals surface area contributed by atoms with Crippen LogP contribution in [0.2, 0.25) is 0 Å². The fourth-order valence-corrected chi connectivity index (χ4v) is 4.73. The molecule has 35 heavy (non-hydrogen) atoms. The van der Waals surface area contributed by atoms with Gasteiger partial charge in [0.15, 0.2) is 11.5 Å². The van der Waals surface area contributed by atoms with Gasteiger partial charge in [-0.2, -0.15) is 18.2 Å². The average molecular weight is 486 g/mol. The summed E-state index contributed by atoms with van der Waals surface area (Å²) in [5, 5.41) is 13.5. The van der Waals surface area contributed by atoms with Crippen LogP contribution < -0.4 is 0 Å². The number of carbonyl (C=O) groups excluding carboxylic acids is 2. The molecule has 1 aliphatic carbocycles. The number of likely N-dealkylation sites (N-methyl/N-ethyl adjacent to an activating group) is 1. The standard InChI is InChI=1S/C26H26F3N3O3/c1-4-21(33)24(34)23-25(35)31(16(2)26(27,28)29)15-32(30(23)3)22-19-11-7-5-9-17(19)13-14-18-10-6-8-12-20(18)22/h4-12,16,22,34H,1,13-15H2,2-3H3/b24-23+. The van der Waals surface area contributed by atoms with Crippen LogP contribution in [0.25, 0.3) is 0 Å². The molecule has 2 aromatic rings. The first-order valence-electron chi connectivity index (χ1n) is 11.2. The molecule has 9 heteroatoms. The molecule has 0 spiro atoms. The van der Waals surface area contributed by atoms with Crippen molar-refractivity contribution in [1.82, 2.24) is 14.9 Å². The predicted molar refractivity (Wildman–Crippen MR) is 124 cm³/mol. The summed E-state index contributed by atoms with van der Waals surface area (Å²) in [4.78, 5) is 26.1. The Morgan fingerprint density at radius 2 is 1.60 bits per heavy atom. The Morgan fingerprint density at radius 1 is 1.09 bits per heavy atom. The third-order valence-corrected chi connectivity index (χ3v) is 6.72. The van der Waals surface area contributed by atoms with E-state index in [1.54, 1.807) is 5.01 Å². The SMILES string of the molecule is C=CC(=O)/C(O)=C1/C(=O)N(C(C)C(F)(F)F)CN(C2c3ccccc3CCc3ccccc32)N1C. The third kappa shape index (κ3) is 4.32. The number of rotatable bonds is 4. The summed E-state index contributed by atoms with van der Waals surface area (Å²) in [6.45, 7) is 3.81. The van der Waals surface area contributed by atoms with E-state index in [0.29, 0.717) is 4.90 Å². The van der Waals surface area contributed by atoms with Crippen molar-refractivity contribution in [2.75, 3.05) is 13.7 Å². The number of aliphatic hydroxyl groups is 1. The molecule has 0 aromatic heterocycles. The van der Waals surface area contributed by atoms with Crippen LogP contribution in [0.1, 0.15) is 35.2 Å². The molecule has 1 fully saturated rings. The van der Waals surface area contributed by atoms with Gasteiger partial charge in [-0.25, -0.2) is 0 Å². The maximum atomic E-state index is 13.8. The number of hydrogen-bond acceptors (Lipinski definition) is 5. The number of hydrogen-bond donors (Lipinski definition) is 1. The largest absolute Gasteiger partial charge is 0.503 e. The molecule has 0 bridgehead atoms. The lowest BCUT2D eigenvalue weighted by Gasteiger charge is -2.49. The van der Waals surface area contributed by atoms with Crippen LogP contribution in [0.3, 0.4) is 0 Å². The van der Waals surface area contributed by atoms with Crippen molar-refractivity contribution in [3.8, 4) is 0 Å². The van der Waals surface area contributed by atoms with Crippen molar-refractivity contribution in [1.29, 1.82) is 0 Å². The van der Waals surface area contributed by atoms with Gasteiger partial charge in [0, 0.05) is 7.05 Å². The van der Waals surface area contributed by atoms with Gasteiger partial charge in [-0.05, 0) is 48.1 Å². The normalized spacial score (nSPS) is 19.5. The fraction of sp³-hybridized carbons (Fsp3) is 0.308. The first-order chi connectivity index (χ1) is 16.6. The molecule has 1 unspecified atom stereocenters. The number of amides is 1. The highest BCUT2D eigenvalue weighted by Crippen LogP contribution is 2.41. The summed E-state index contributed by atoms with van der Waals surface area (Å²) in [7, 11) is 1.46. The molecular formula is C26H26F3N3O3. The van der Waals surface area contributed by atoms with E-state index in [9.17, 15) is 27.9 Å². The first kappa shape index (κ1) is 24.5. The number of carbonyl (C=O) groups is 2. The van der Waals surface area contributed by atoms with Gasteiger partial charge in [-0.3, -0.25) is 14.6 Å². The highest BCUT2D eigenvalue weighted by atomic mass is 19.4. The molecule has 4 rings (SSSR count). The second-order valence-electron chi connectivity index (χ2n) is 8.66. The summed E-state index contributed by atoms with van der Waals surface area (Å²) in [5.41, 5.74) is 3.30. The van der Waals surface area contributed by atoms with E-state index in [1.165, 1.54) is 12.1 Å². The minimum absolute atomic E-state index is 0.400. The van der Waals surface area contributed by atoms with Crippen LogP contribution in [-0.2, 0) is 22.4 Å². The molecule has 184 valence electrons. The lowest BCUT2D eigenvalue weighted by molar-refractivity contribution is -0.205. The highest BCUT2D eigenvalue weighted by molar-refractivity contribution is 6.08. The van der Waals surface area contributed by atoms with Gasteiger partial charge in [-0.15, -0.1) is 0 Å². The van der Waals surface area contributed by atoms with E-state index < -0.39 is 48.1 Å². The Labute approximate surface area is 201 Å². The van der Waals surface area contributed by atoms with Gasteiger partial charge in [-0.1, -0.05) is 55.1 Å². The molecule has 0 saturated carbocycles. The van der Waals surface area contributed by atoms with Gasteiger partial charge >= 0.3 is 6.18 Å². The number of aliphatic hydroxyl groups excluding tert-OH is 1. The zero-order valence-electron chi connectivity index (χ0n) is 19.4. The minimum Gasteiger partial charge on any atom is -0.503 e. The Bertz CT molecular complexity index is 1160. The summed E-state index contributed by atoms with van der Waals surface area (Å²) in [6, 6.07) is 12.6. The number of allylic oxidation sites excluding steroid dienone is 1. The lowest BCUT2D eigenvalue weighted by Crippen LogP contribution is -2.62. The summed E-state index contributed by atoms with van der Waals surface area (Å²) in [5.74, 6) is -2.99. The second kappa shape index (κ2) is 9.22. The topological polar surface area (TPSA) is 64.1 Å². The zero-order valence-corrected chi connectivity index (χ0v) is 19.4. The van der Waals surface area contributed by atoms with E-state index in [4.69, 9.17) is 0 Å². The summed E-state index contributed by atoms with van der Waals surface area (Å²) < 4.78 is 41.3. The Balaban J connectivity index is 1.94. The van der Waals surface area contributed by atoms with Crippen molar-refractivity contribution in [3.05, 3.63) is 94.9 Å². The van der Waals surface area contributed by atoms with Crippen molar-refractivity contribution in [2.45, 2.75) is 38.0 Å². The van der Waals surface area contributed by atoms with Crippen LogP contribution in [0, 0.1) is 0 Å². The van der Waals surface area contributed by atoms with Gasteiger partial charge < -0.3 is 10.0 Å². The highest BCUT2D eigenvalue weighted by Gasteiger charge is 2.49. The van der Waals surface area contributed by atoms with E-state index in [-0.39, 0.29) is 0 Å². The maximum absolute atomic E-state index is 13.8. The van der Waals surface area contributed by atoms with E-state index in [0.717, 1.165) is 48.1 Å². The summed E-state index contributed by atoms with van der Waals surface area (Å²) in [6.07, 6.45) is -2.41. The predicted octanol–water partition coefficient (Wildman–Crippen LogP) is 4.30.